The highest BCUT2D eigenvalue weighted by Gasteiger charge is 2.24. The van der Waals surface area contributed by atoms with Gasteiger partial charge in [-0.2, -0.15) is 0 Å². The molecule has 114 valence electrons. The van der Waals surface area contributed by atoms with E-state index >= 15 is 0 Å². The van der Waals surface area contributed by atoms with E-state index in [-0.39, 0.29) is 18.0 Å². The van der Waals surface area contributed by atoms with Crippen LogP contribution in [0.4, 0.5) is 0 Å². The van der Waals surface area contributed by atoms with Crippen molar-refractivity contribution in [2.24, 2.45) is 0 Å². The van der Waals surface area contributed by atoms with Crippen molar-refractivity contribution in [3.8, 4) is 17.2 Å². The summed E-state index contributed by atoms with van der Waals surface area (Å²) in [5, 5.41) is 5.42. The van der Waals surface area contributed by atoms with Gasteiger partial charge in [0.1, 0.15) is 6.17 Å². The lowest BCUT2D eigenvalue weighted by molar-refractivity contribution is -0.119. The summed E-state index contributed by atoms with van der Waals surface area (Å²) in [6.45, 7) is 0. The summed E-state index contributed by atoms with van der Waals surface area (Å²) in [6.07, 6.45) is 0.652. The summed E-state index contributed by atoms with van der Waals surface area (Å²) in [7, 11) is 4.46. The van der Waals surface area contributed by atoms with Crippen LogP contribution in [0.1, 0.15) is 23.2 Å². The summed E-state index contributed by atoms with van der Waals surface area (Å²) in [5.41, 5.74) is 0.366. The zero-order valence-corrected chi connectivity index (χ0v) is 12.2. The van der Waals surface area contributed by atoms with Gasteiger partial charge in [0, 0.05) is 12.0 Å². The Balaban J connectivity index is 2.22. The third-order valence-electron chi connectivity index (χ3n) is 3.23. The molecule has 1 aliphatic rings. The molecule has 0 radical (unpaired) electrons. The molecular formula is C14H18N2O5. The van der Waals surface area contributed by atoms with Gasteiger partial charge in [0.25, 0.3) is 5.91 Å². The Labute approximate surface area is 122 Å². The molecule has 0 unspecified atom stereocenters. The fraction of sp³-hybridized carbons (Fsp3) is 0.429. The van der Waals surface area contributed by atoms with Crippen LogP contribution in [0.2, 0.25) is 0 Å². The van der Waals surface area contributed by atoms with E-state index in [4.69, 9.17) is 14.2 Å². The van der Waals surface area contributed by atoms with E-state index in [0.29, 0.717) is 35.7 Å². The average molecular weight is 294 g/mol. The van der Waals surface area contributed by atoms with E-state index in [1.165, 1.54) is 21.3 Å². The Hall–Kier alpha value is -2.44. The van der Waals surface area contributed by atoms with E-state index in [9.17, 15) is 9.59 Å². The van der Waals surface area contributed by atoms with Gasteiger partial charge in [0.2, 0.25) is 11.7 Å². The quantitative estimate of drug-likeness (QED) is 0.834. The fourth-order valence-electron chi connectivity index (χ4n) is 2.18. The van der Waals surface area contributed by atoms with E-state index in [2.05, 4.69) is 10.6 Å². The lowest BCUT2D eigenvalue weighted by atomic mass is 10.1. The maximum atomic E-state index is 12.2. The van der Waals surface area contributed by atoms with E-state index < -0.39 is 0 Å². The molecule has 0 spiro atoms. The van der Waals surface area contributed by atoms with Crippen LogP contribution in [0.3, 0.4) is 0 Å². The lowest BCUT2D eigenvalue weighted by Crippen LogP contribution is -2.42. The average Bonchev–Trinajstić information content (AvgIpc) is 2.90. The molecule has 2 rings (SSSR count). The van der Waals surface area contributed by atoms with Crippen LogP contribution in [0.25, 0.3) is 0 Å². The summed E-state index contributed by atoms with van der Waals surface area (Å²) in [6, 6.07) is 3.13. The highest BCUT2D eigenvalue weighted by Crippen LogP contribution is 2.38. The summed E-state index contributed by atoms with van der Waals surface area (Å²) < 4.78 is 15.6. The van der Waals surface area contributed by atoms with Crippen molar-refractivity contribution in [1.29, 1.82) is 0 Å². The molecule has 1 aromatic carbocycles. The van der Waals surface area contributed by atoms with Crippen LogP contribution in [0, 0.1) is 0 Å². The third-order valence-corrected chi connectivity index (χ3v) is 3.23. The molecule has 2 N–H and O–H groups in total. The summed E-state index contributed by atoms with van der Waals surface area (Å²) in [4.78, 5) is 23.4. The van der Waals surface area contributed by atoms with E-state index in [1.54, 1.807) is 12.1 Å². The number of ether oxygens (including phenoxy) is 3. The van der Waals surface area contributed by atoms with E-state index in [0.717, 1.165) is 0 Å². The first-order valence-electron chi connectivity index (χ1n) is 6.49. The van der Waals surface area contributed by atoms with Crippen molar-refractivity contribution in [3.63, 3.8) is 0 Å². The van der Waals surface area contributed by atoms with Crippen molar-refractivity contribution >= 4 is 11.8 Å². The molecule has 1 heterocycles. The molecular weight excluding hydrogens is 276 g/mol. The molecule has 0 bridgehead atoms. The van der Waals surface area contributed by atoms with Crippen molar-refractivity contribution < 1.29 is 23.8 Å². The van der Waals surface area contributed by atoms with Gasteiger partial charge in [-0.25, -0.2) is 0 Å². The second-order valence-electron chi connectivity index (χ2n) is 4.55. The highest BCUT2D eigenvalue weighted by molar-refractivity contribution is 5.96. The number of hydrogen-bond donors (Lipinski definition) is 2. The second-order valence-corrected chi connectivity index (χ2v) is 4.55. The number of methoxy groups -OCH3 is 3. The molecule has 0 aromatic heterocycles. The van der Waals surface area contributed by atoms with Gasteiger partial charge in [-0.1, -0.05) is 0 Å². The van der Waals surface area contributed by atoms with Gasteiger partial charge in [0.15, 0.2) is 11.5 Å². The number of hydrogen-bond acceptors (Lipinski definition) is 5. The van der Waals surface area contributed by atoms with Crippen molar-refractivity contribution in [2.75, 3.05) is 21.3 Å². The SMILES string of the molecule is COc1cc(C(=O)N[C@@H]2CCC(=O)N2)cc(OC)c1OC. The number of carbonyl (C=O) groups is 2. The van der Waals surface area contributed by atoms with Gasteiger partial charge < -0.3 is 24.8 Å². The van der Waals surface area contributed by atoms with Crippen LogP contribution in [-0.4, -0.2) is 39.3 Å². The van der Waals surface area contributed by atoms with E-state index in [1.807, 2.05) is 0 Å². The van der Waals surface area contributed by atoms with Crippen molar-refractivity contribution in [3.05, 3.63) is 17.7 Å². The van der Waals surface area contributed by atoms with Crippen LogP contribution < -0.4 is 24.8 Å². The number of carbonyl (C=O) groups excluding carboxylic acids is 2. The number of amides is 2. The summed E-state index contributed by atoms with van der Waals surface area (Å²) in [5.74, 6) is 0.840. The first-order valence-corrected chi connectivity index (χ1v) is 6.49. The summed E-state index contributed by atoms with van der Waals surface area (Å²) >= 11 is 0. The molecule has 1 atom stereocenters. The van der Waals surface area contributed by atoms with Crippen LogP contribution in [0.15, 0.2) is 12.1 Å². The molecule has 7 nitrogen and oxygen atoms in total. The number of rotatable bonds is 5. The normalized spacial score (nSPS) is 17.1. The maximum Gasteiger partial charge on any atom is 0.253 e. The standard InChI is InChI=1S/C14H18N2O5/c1-19-9-6-8(7-10(20-2)13(9)21-3)14(18)16-11-4-5-12(17)15-11/h6-7,11H,4-5H2,1-3H3,(H,15,17)(H,16,18)/t11-/m1/s1. The Morgan fingerprint density at radius 1 is 1.19 bits per heavy atom. The molecule has 1 saturated heterocycles. The predicted octanol–water partition coefficient (Wildman–Crippen LogP) is 0.678. The molecule has 1 aromatic rings. The van der Waals surface area contributed by atoms with Crippen molar-refractivity contribution in [2.45, 2.75) is 19.0 Å². The minimum Gasteiger partial charge on any atom is -0.493 e. The minimum atomic E-state index is -0.343. The van der Waals surface area contributed by atoms with Gasteiger partial charge in [0.05, 0.1) is 21.3 Å². The molecule has 21 heavy (non-hydrogen) atoms. The Morgan fingerprint density at radius 2 is 1.81 bits per heavy atom. The first kappa shape index (κ1) is 15.0. The van der Waals surface area contributed by atoms with Crippen LogP contribution in [0.5, 0.6) is 17.2 Å². The highest BCUT2D eigenvalue weighted by atomic mass is 16.5. The second kappa shape index (κ2) is 6.34. The predicted molar refractivity (Wildman–Crippen MR) is 74.7 cm³/mol. The molecule has 1 fully saturated rings. The van der Waals surface area contributed by atoms with Crippen molar-refractivity contribution in [1.82, 2.24) is 10.6 Å². The van der Waals surface area contributed by atoms with Gasteiger partial charge in [-0.3, -0.25) is 9.59 Å². The Morgan fingerprint density at radius 3 is 2.24 bits per heavy atom. The minimum absolute atomic E-state index is 0.0646. The lowest BCUT2D eigenvalue weighted by Gasteiger charge is -2.16. The van der Waals surface area contributed by atoms with Gasteiger partial charge >= 0.3 is 0 Å². The maximum absolute atomic E-state index is 12.2. The zero-order valence-electron chi connectivity index (χ0n) is 12.2. The third kappa shape index (κ3) is 3.18. The van der Waals surface area contributed by atoms with Crippen LogP contribution in [-0.2, 0) is 4.79 Å². The van der Waals surface area contributed by atoms with Gasteiger partial charge in [-0.05, 0) is 18.6 Å². The Bertz CT molecular complexity index is 533. The molecule has 0 aliphatic carbocycles. The van der Waals surface area contributed by atoms with Gasteiger partial charge in [-0.15, -0.1) is 0 Å². The van der Waals surface area contributed by atoms with Crippen LogP contribution >= 0.6 is 0 Å². The largest absolute Gasteiger partial charge is 0.493 e. The first-order chi connectivity index (χ1) is 10.1. The molecule has 1 aliphatic heterocycles. The number of benzene rings is 1. The molecule has 2 amide bonds. The zero-order chi connectivity index (χ0) is 15.4. The molecule has 7 heteroatoms. The Kier molecular flexibility index (Phi) is 4.52. The topological polar surface area (TPSA) is 85.9 Å². The number of nitrogens with one attached hydrogen (secondary N) is 2. The smallest absolute Gasteiger partial charge is 0.253 e. The molecule has 0 saturated carbocycles. The fourth-order valence-corrected chi connectivity index (χ4v) is 2.18. The monoisotopic (exact) mass is 294 g/mol.